The number of halogens is 1. The minimum absolute atomic E-state index is 0.208. The Morgan fingerprint density at radius 1 is 1.24 bits per heavy atom. The van der Waals surface area contributed by atoms with E-state index in [-0.39, 0.29) is 11.8 Å². The molecule has 92 valence electrons. The van der Waals surface area contributed by atoms with Gasteiger partial charge in [0.15, 0.2) is 0 Å². The van der Waals surface area contributed by atoms with Crippen molar-refractivity contribution in [2.45, 2.75) is 32.4 Å². The molecule has 0 unspecified atom stereocenters. The lowest BCUT2D eigenvalue weighted by molar-refractivity contribution is 0.244. The molecule has 0 bridgehead atoms. The fraction of sp³-hybridized carbons (Fsp3) is 0.417. The molecule has 17 heavy (non-hydrogen) atoms. The van der Waals surface area contributed by atoms with Gasteiger partial charge in [0.05, 0.1) is 5.69 Å². The van der Waals surface area contributed by atoms with E-state index in [1.54, 1.807) is 12.1 Å². The zero-order valence-corrected chi connectivity index (χ0v) is 9.96. The number of hydrogen-bond donors (Lipinski definition) is 2. The first-order chi connectivity index (χ1) is 8.10. The van der Waals surface area contributed by atoms with E-state index in [9.17, 15) is 9.18 Å². The molecular formula is C12H16FN3O. The van der Waals surface area contributed by atoms with Gasteiger partial charge in [0.2, 0.25) is 0 Å². The van der Waals surface area contributed by atoms with Crippen molar-refractivity contribution in [1.82, 2.24) is 10.7 Å². The minimum Gasteiger partial charge on any atom is -0.317 e. The van der Waals surface area contributed by atoms with Crippen LogP contribution in [0.3, 0.4) is 0 Å². The van der Waals surface area contributed by atoms with Crippen molar-refractivity contribution in [3.63, 3.8) is 0 Å². The van der Waals surface area contributed by atoms with Gasteiger partial charge in [-0.3, -0.25) is 0 Å². The van der Waals surface area contributed by atoms with Crippen molar-refractivity contribution in [2.24, 2.45) is 0 Å². The Labute approximate surface area is 99.8 Å². The Kier molecular flexibility index (Phi) is 3.02. The number of carbonyl (C=O) groups excluding carboxylic acids is 1. The summed E-state index contributed by atoms with van der Waals surface area (Å²) < 4.78 is 12.8. The third-order valence-electron chi connectivity index (χ3n) is 3.17. The molecule has 0 radical (unpaired) electrons. The first-order valence-electron chi connectivity index (χ1n) is 5.76. The molecule has 5 heteroatoms. The zero-order chi connectivity index (χ0) is 12.5. The van der Waals surface area contributed by atoms with Crippen LogP contribution >= 0.6 is 0 Å². The summed E-state index contributed by atoms with van der Waals surface area (Å²) in [7, 11) is 0. The van der Waals surface area contributed by atoms with E-state index in [4.69, 9.17) is 0 Å². The summed E-state index contributed by atoms with van der Waals surface area (Å²) in [4.78, 5) is 11.9. The Morgan fingerprint density at radius 2 is 1.82 bits per heavy atom. The van der Waals surface area contributed by atoms with Crippen LogP contribution < -0.4 is 15.8 Å². The largest absolute Gasteiger partial charge is 0.338 e. The highest BCUT2D eigenvalue weighted by atomic mass is 19.1. The summed E-state index contributed by atoms with van der Waals surface area (Å²) in [5.41, 5.74) is 3.37. The molecule has 0 atom stereocenters. The highest BCUT2D eigenvalue weighted by Gasteiger charge is 2.39. The van der Waals surface area contributed by atoms with Crippen LogP contribution in [0.15, 0.2) is 24.3 Å². The molecule has 1 fully saturated rings. The Morgan fingerprint density at radius 3 is 2.29 bits per heavy atom. The average molecular weight is 237 g/mol. The molecule has 0 spiro atoms. The van der Waals surface area contributed by atoms with Gasteiger partial charge in [-0.05, 0) is 37.1 Å². The normalized spacial score (nSPS) is 18.3. The Bertz CT molecular complexity index is 414. The molecule has 0 saturated carbocycles. The second-order valence-electron chi connectivity index (χ2n) is 4.14. The molecule has 1 saturated heterocycles. The predicted molar refractivity (Wildman–Crippen MR) is 63.9 cm³/mol. The first-order valence-corrected chi connectivity index (χ1v) is 5.76. The van der Waals surface area contributed by atoms with Crippen LogP contribution in [0.4, 0.5) is 14.9 Å². The van der Waals surface area contributed by atoms with Crippen molar-refractivity contribution < 1.29 is 9.18 Å². The first kappa shape index (κ1) is 11.9. The van der Waals surface area contributed by atoms with Crippen molar-refractivity contribution in [3.05, 3.63) is 30.1 Å². The van der Waals surface area contributed by atoms with Crippen molar-refractivity contribution in [1.29, 1.82) is 0 Å². The van der Waals surface area contributed by atoms with E-state index in [1.165, 1.54) is 17.1 Å². The lowest BCUT2D eigenvalue weighted by Gasteiger charge is -2.26. The fourth-order valence-electron chi connectivity index (χ4n) is 1.91. The van der Waals surface area contributed by atoms with Gasteiger partial charge in [-0.1, -0.05) is 13.8 Å². The standard InChI is InChI=1S/C12H16FN3O/c1-3-12(4-2)14-11(17)16(15-12)10-7-5-9(13)6-8-10/h5-8,15H,3-4H2,1-2H3,(H,14,17). The number of urea groups is 1. The molecule has 1 aromatic carbocycles. The molecular weight excluding hydrogens is 221 g/mol. The highest BCUT2D eigenvalue weighted by molar-refractivity contribution is 5.93. The van der Waals surface area contributed by atoms with Crippen LogP contribution in [-0.2, 0) is 0 Å². The van der Waals surface area contributed by atoms with Crippen LogP contribution in [-0.4, -0.2) is 11.7 Å². The number of nitrogens with zero attached hydrogens (tertiary/aromatic N) is 1. The minimum atomic E-state index is -0.397. The zero-order valence-electron chi connectivity index (χ0n) is 9.96. The monoisotopic (exact) mass is 237 g/mol. The Balaban J connectivity index is 2.23. The molecule has 2 N–H and O–H groups in total. The molecule has 1 aliphatic heterocycles. The summed E-state index contributed by atoms with van der Waals surface area (Å²) in [6.07, 6.45) is 1.57. The molecule has 0 aromatic heterocycles. The van der Waals surface area contributed by atoms with Gasteiger partial charge in [-0.2, -0.15) is 0 Å². The van der Waals surface area contributed by atoms with Crippen LogP contribution in [0.5, 0.6) is 0 Å². The molecule has 1 aromatic rings. The third-order valence-corrected chi connectivity index (χ3v) is 3.17. The number of rotatable bonds is 3. The number of hydrogen-bond acceptors (Lipinski definition) is 2. The van der Waals surface area contributed by atoms with Gasteiger partial charge in [0, 0.05) is 0 Å². The molecule has 4 nitrogen and oxygen atoms in total. The lowest BCUT2D eigenvalue weighted by atomic mass is 10.1. The van der Waals surface area contributed by atoms with Crippen molar-refractivity contribution in [2.75, 3.05) is 5.01 Å². The van der Waals surface area contributed by atoms with Gasteiger partial charge >= 0.3 is 6.03 Å². The van der Waals surface area contributed by atoms with Gasteiger partial charge in [0.1, 0.15) is 11.5 Å². The summed E-state index contributed by atoms with van der Waals surface area (Å²) in [6.45, 7) is 4.01. The number of amides is 2. The van der Waals surface area contributed by atoms with Crippen molar-refractivity contribution in [3.8, 4) is 0 Å². The van der Waals surface area contributed by atoms with Gasteiger partial charge in [0.25, 0.3) is 0 Å². The van der Waals surface area contributed by atoms with Crippen LogP contribution in [0, 0.1) is 5.82 Å². The molecule has 1 heterocycles. The van der Waals surface area contributed by atoms with E-state index < -0.39 is 5.66 Å². The maximum Gasteiger partial charge on any atom is 0.338 e. The van der Waals surface area contributed by atoms with E-state index in [1.807, 2.05) is 13.8 Å². The fourth-order valence-corrected chi connectivity index (χ4v) is 1.91. The van der Waals surface area contributed by atoms with Crippen LogP contribution in [0.25, 0.3) is 0 Å². The van der Waals surface area contributed by atoms with Gasteiger partial charge in [-0.15, -0.1) is 0 Å². The van der Waals surface area contributed by atoms with Gasteiger partial charge in [-0.25, -0.2) is 19.6 Å². The van der Waals surface area contributed by atoms with E-state index >= 15 is 0 Å². The van der Waals surface area contributed by atoms with E-state index in [0.29, 0.717) is 5.69 Å². The van der Waals surface area contributed by atoms with E-state index in [0.717, 1.165) is 12.8 Å². The topological polar surface area (TPSA) is 44.4 Å². The maximum atomic E-state index is 12.8. The number of hydrazine groups is 1. The molecule has 0 aliphatic carbocycles. The van der Waals surface area contributed by atoms with Gasteiger partial charge < -0.3 is 5.32 Å². The van der Waals surface area contributed by atoms with Crippen LogP contribution in [0.2, 0.25) is 0 Å². The summed E-state index contributed by atoms with van der Waals surface area (Å²) in [5.74, 6) is -0.314. The summed E-state index contributed by atoms with van der Waals surface area (Å²) >= 11 is 0. The Hall–Kier alpha value is -1.62. The quantitative estimate of drug-likeness (QED) is 0.847. The molecule has 2 amide bonds. The number of anilines is 1. The SMILES string of the molecule is CCC1(CC)NC(=O)N(c2ccc(F)cc2)N1. The third kappa shape index (κ3) is 2.10. The summed E-state index contributed by atoms with van der Waals surface area (Å²) in [5, 5.41) is 4.34. The molecule has 2 rings (SSSR count). The molecule has 1 aliphatic rings. The lowest BCUT2D eigenvalue weighted by Crippen LogP contribution is -2.50. The smallest absolute Gasteiger partial charge is 0.317 e. The second-order valence-corrected chi connectivity index (χ2v) is 4.14. The average Bonchev–Trinajstić information content (AvgIpc) is 2.69. The van der Waals surface area contributed by atoms with Crippen LogP contribution in [0.1, 0.15) is 26.7 Å². The maximum absolute atomic E-state index is 12.8. The number of carbonyl (C=O) groups is 1. The highest BCUT2D eigenvalue weighted by Crippen LogP contribution is 2.23. The predicted octanol–water partition coefficient (Wildman–Crippen LogP) is 2.38. The van der Waals surface area contributed by atoms with E-state index in [2.05, 4.69) is 10.7 Å². The second kappa shape index (κ2) is 4.33. The summed E-state index contributed by atoms with van der Waals surface area (Å²) in [6, 6.07) is 5.61. The van der Waals surface area contributed by atoms with Crippen molar-refractivity contribution >= 4 is 11.7 Å². The number of benzene rings is 1. The number of nitrogens with one attached hydrogen (secondary N) is 2.